The van der Waals surface area contributed by atoms with E-state index >= 15 is 0 Å². The van der Waals surface area contributed by atoms with E-state index in [1.54, 1.807) is 44.3 Å². The molecule has 9 heteroatoms. The second kappa shape index (κ2) is 7.32. The number of hydrogen-bond donors (Lipinski definition) is 1. The zero-order valence-electron chi connectivity index (χ0n) is 15.0. The molecule has 0 bridgehead atoms. The first-order valence-corrected chi connectivity index (χ1v) is 10.2. The van der Waals surface area contributed by atoms with Gasteiger partial charge in [0.1, 0.15) is 5.69 Å². The van der Waals surface area contributed by atoms with E-state index in [-0.39, 0.29) is 35.1 Å². The van der Waals surface area contributed by atoms with E-state index in [0.29, 0.717) is 23.4 Å². The smallest absolute Gasteiger partial charge is 0.272 e. The fraction of sp³-hybridized carbons (Fsp3) is 0.333. The Morgan fingerprint density at radius 2 is 2.11 bits per heavy atom. The number of nitrogens with one attached hydrogen (secondary N) is 1. The molecule has 1 amide bonds. The minimum atomic E-state index is -3.09. The molecule has 0 saturated carbocycles. The Hall–Kier alpha value is -2.99. The number of rotatable bonds is 4. The summed E-state index contributed by atoms with van der Waals surface area (Å²) in [5.74, 6) is -0.0387. The van der Waals surface area contributed by atoms with Gasteiger partial charge in [-0.2, -0.15) is 5.26 Å². The molecule has 27 heavy (non-hydrogen) atoms. The second-order valence-electron chi connectivity index (χ2n) is 6.51. The van der Waals surface area contributed by atoms with Crippen molar-refractivity contribution >= 4 is 27.4 Å². The van der Waals surface area contributed by atoms with Gasteiger partial charge in [0.25, 0.3) is 5.91 Å². The molecule has 2 heterocycles. The number of nitriles is 1. The Balaban J connectivity index is 1.82. The van der Waals surface area contributed by atoms with Gasteiger partial charge < -0.3 is 10.2 Å². The predicted molar refractivity (Wildman–Crippen MR) is 100 cm³/mol. The summed E-state index contributed by atoms with van der Waals surface area (Å²) in [7, 11) is -1.49. The highest BCUT2D eigenvalue weighted by atomic mass is 32.2. The lowest BCUT2D eigenvalue weighted by molar-refractivity contribution is 0.0741. The molecule has 1 atom stereocenters. The molecule has 1 aromatic heterocycles. The average Bonchev–Trinajstić information content (AvgIpc) is 3.00. The first-order chi connectivity index (χ1) is 12.8. The van der Waals surface area contributed by atoms with Crippen LogP contribution in [0, 0.1) is 18.3 Å². The molecule has 1 unspecified atom stereocenters. The predicted octanol–water partition coefficient (Wildman–Crippen LogP) is 1.66. The Morgan fingerprint density at radius 3 is 2.78 bits per heavy atom. The van der Waals surface area contributed by atoms with Crippen LogP contribution >= 0.6 is 0 Å². The van der Waals surface area contributed by atoms with E-state index in [4.69, 9.17) is 5.26 Å². The van der Waals surface area contributed by atoms with Crippen LogP contribution < -0.4 is 5.32 Å². The summed E-state index contributed by atoms with van der Waals surface area (Å²) < 4.78 is 23.3. The monoisotopic (exact) mass is 385 g/mol. The number of aryl methyl sites for hydroxylation is 1. The zero-order chi connectivity index (χ0) is 19.6. The maximum Gasteiger partial charge on any atom is 0.272 e. The molecule has 0 aliphatic carbocycles. The molecule has 1 aliphatic heterocycles. The summed E-state index contributed by atoms with van der Waals surface area (Å²) in [6.45, 7) is 1.75. The molecule has 1 saturated heterocycles. The Labute approximate surface area is 157 Å². The average molecular weight is 385 g/mol. The van der Waals surface area contributed by atoms with Gasteiger partial charge in [-0.15, -0.1) is 0 Å². The lowest BCUT2D eigenvalue weighted by Crippen LogP contribution is -2.38. The Bertz CT molecular complexity index is 1030. The fourth-order valence-electron chi connectivity index (χ4n) is 2.96. The molecule has 0 radical (unpaired) electrons. The Morgan fingerprint density at radius 1 is 1.33 bits per heavy atom. The molecule has 1 N–H and O–H groups in total. The number of nitrogens with zero attached hydrogens (tertiary/aromatic N) is 4. The van der Waals surface area contributed by atoms with Gasteiger partial charge in [0.15, 0.2) is 9.84 Å². The van der Waals surface area contributed by atoms with Crippen molar-refractivity contribution in [1.82, 2.24) is 14.9 Å². The van der Waals surface area contributed by atoms with Gasteiger partial charge in [-0.1, -0.05) is 6.07 Å². The summed E-state index contributed by atoms with van der Waals surface area (Å²) in [5, 5.41) is 12.0. The van der Waals surface area contributed by atoms with Gasteiger partial charge >= 0.3 is 0 Å². The quantitative estimate of drug-likeness (QED) is 0.851. The highest BCUT2D eigenvalue weighted by Gasteiger charge is 2.33. The first kappa shape index (κ1) is 18.8. The standard InChI is InChI=1S/C18H19N5O3S/c1-12-8-16(17(24)23(2)15-6-7-27(25,26)11-15)22-18(20-12)21-14-5-3-4-13(9-14)10-19/h3-5,8-9,15H,6-7,11H2,1-2H3,(H,20,21,22). The van der Waals surface area contributed by atoms with Crippen LogP contribution in [0.5, 0.6) is 0 Å². The van der Waals surface area contributed by atoms with Crippen LogP contribution in [0.25, 0.3) is 0 Å². The van der Waals surface area contributed by atoms with Gasteiger partial charge in [-0.25, -0.2) is 18.4 Å². The molecule has 8 nitrogen and oxygen atoms in total. The minimum Gasteiger partial charge on any atom is -0.336 e. The normalized spacial score (nSPS) is 17.9. The summed E-state index contributed by atoms with van der Waals surface area (Å²) >= 11 is 0. The lowest BCUT2D eigenvalue weighted by atomic mass is 10.2. The van der Waals surface area contributed by atoms with Crippen molar-refractivity contribution in [3.05, 3.63) is 47.3 Å². The topological polar surface area (TPSA) is 116 Å². The largest absolute Gasteiger partial charge is 0.336 e. The van der Waals surface area contributed by atoms with Crippen molar-refractivity contribution in [3.8, 4) is 6.07 Å². The molecule has 3 rings (SSSR count). The SMILES string of the molecule is Cc1cc(C(=O)N(C)C2CCS(=O)(=O)C2)nc(Nc2cccc(C#N)c2)n1. The highest BCUT2D eigenvalue weighted by Crippen LogP contribution is 2.20. The van der Waals surface area contributed by atoms with E-state index in [1.165, 1.54) is 4.90 Å². The van der Waals surface area contributed by atoms with Crippen LogP contribution in [0.4, 0.5) is 11.6 Å². The number of aromatic nitrogens is 2. The molecule has 2 aromatic rings. The van der Waals surface area contributed by atoms with Crippen molar-refractivity contribution in [2.24, 2.45) is 0 Å². The van der Waals surface area contributed by atoms with Crippen LogP contribution in [-0.2, 0) is 9.84 Å². The van der Waals surface area contributed by atoms with E-state index in [1.807, 2.05) is 0 Å². The van der Waals surface area contributed by atoms with E-state index in [9.17, 15) is 13.2 Å². The van der Waals surface area contributed by atoms with Crippen molar-refractivity contribution < 1.29 is 13.2 Å². The summed E-state index contributed by atoms with van der Waals surface area (Å²) in [5.41, 5.74) is 1.91. The molecule has 1 aromatic carbocycles. The lowest BCUT2D eigenvalue weighted by Gasteiger charge is -2.23. The first-order valence-electron chi connectivity index (χ1n) is 8.38. The maximum absolute atomic E-state index is 12.8. The summed E-state index contributed by atoms with van der Waals surface area (Å²) in [4.78, 5) is 22.7. The van der Waals surface area contributed by atoms with Gasteiger partial charge in [0, 0.05) is 24.5 Å². The molecular formula is C18H19N5O3S. The number of carbonyl (C=O) groups excluding carboxylic acids is 1. The van der Waals surface area contributed by atoms with Crippen LogP contribution in [0.2, 0.25) is 0 Å². The van der Waals surface area contributed by atoms with E-state index in [0.717, 1.165) is 0 Å². The third-order valence-corrected chi connectivity index (χ3v) is 6.15. The number of sulfone groups is 1. The van der Waals surface area contributed by atoms with Crippen LogP contribution in [0.3, 0.4) is 0 Å². The van der Waals surface area contributed by atoms with E-state index < -0.39 is 9.84 Å². The molecule has 140 valence electrons. The Kier molecular flexibility index (Phi) is 5.10. The van der Waals surface area contributed by atoms with Crippen LogP contribution in [0.15, 0.2) is 30.3 Å². The van der Waals surface area contributed by atoms with Crippen LogP contribution in [0.1, 0.15) is 28.2 Å². The number of anilines is 2. The zero-order valence-corrected chi connectivity index (χ0v) is 15.8. The number of hydrogen-bond acceptors (Lipinski definition) is 7. The van der Waals surface area contributed by atoms with Gasteiger partial charge in [0.2, 0.25) is 5.95 Å². The van der Waals surface area contributed by atoms with Gasteiger partial charge in [-0.05, 0) is 37.6 Å². The summed E-state index contributed by atoms with van der Waals surface area (Å²) in [6, 6.07) is 10.1. The maximum atomic E-state index is 12.8. The van der Waals surface area contributed by atoms with Crippen LogP contribution in [-0.4, -0.2) is 53.8 Å². The van der Waals surface area contributed by atoms with E-state index in [2.05, 4.69) is 21.4 Å². The second-order valence-corrected chi connectivity index (χ2v) is 8.74. The van der Waals surface area contributed by atoms with Crippen molar-refractivity contribution in [2.45, 2.75) is 19.4 Å². The number of carbonyl (C=O) groups is 1. The fourth-order valence-corrected chi connectivity index (χ4v) is 4.73. The van der Waals surface area contributed by atoms with Crippen molar-refractivity contribution in [3.63, 3.8) is 0 Å². The minimum absolute atomic E-state index is 0.0225. The van der Waals surface area contributed by atoms with Gasteiger partial charge in [0.05, 0.1) is 23.1 Å². The van der Waals surface area contributed by atoms with Crippen molar-refractivity contribution in [1.29, 1.82) is 5.26 Å². The van der Waals surface area contributed by atoms with Gasteiger partial charge in [-0.3, -0.25) is 4.79 Å². The third kappa shape index (κ3) is 4.41. The summed E-state index contributed by atoms with van der Waals surface area (Å²) in [6.07, 6.45) is 0.431. The molecule has 0 spiro atoms. The van der Waals surface area contributed by atoms with Crippen molar-refractivity contribution in [2.75, 3.05) is 23.9 Å². The molecule has 1 fully saturated rings. The molecule has 1 aliphatic rings. The highest BCUT2D eigenvalue weighted by molar-refractivity contribution is 7.91. The molecular weight excluding hydrogens is 366 g/mol. The number of amides is 1. The third-order valence-electron chi connectivity index (χ3n) is 4.40. The number of benzene rings is 1.